The highest BCUT2D eigenvalue weighted by Gasteiger charge is 2.12. The summed E-state index contributed by atoms with van der Waals surface area (Å²) in [6.07, 6.45) is -0.183. The lowest BCUT2D eigenvalue weighted by atomic mass is 10.1. The van der Waals surface area contributed by atoms with E-state index < -0.39 is 5.97 Å². The molecule has 0 aromatic heterocycles. The van der Waals surface area contributed by atoms with Gasteiger partial charge in [-0.25, -0.2) is 4.79 Å². The highest BCUT2D eigenvalue weighted by atomic mass is 16.5. The van der Waals surface area contributed by atoms with Gasteiger partial charge in [0.05, 0.1) is 25.4 Å². The van der Waals surface area contributed by atoms with Crippen LogP contribution in [-0.2, 0) is 16.1 Å². The van der Waals surface area contributed by atoms with E-state index in [0.717, 1.165) is 5.56 Å². The fraction of sp³-hybridized carbons (Fsp3) is 0.333. The van der Waals surface area contributed by atoms with Crippen LogP contribution in [0.3, 0.4) is 0 Å². The third-order valence-corrected chi connectivity index (χ3v) is 3.73. The third kappa shape index (κ3) is 5.82. The summed E-state index contributed by atoms with van der Waals surface area (Å²) >= 11 is 0. The molecule has 0 aliphatic carbocycles. The van der Waals surface area contributed by atoms with Crippen molar-refractivity contribution in [3.8, 4) is 5.75 Å². The molecule has 2 aromatic carbocycles. The van der Waals surface area contributed by atoms with Gasteiger partial charge in [0, 0.05) is 23.4 Å². The van der Waals surface area contributed by atoms with Crippen LogP contribution in [0.5, 0.6) is 5.75 Å². The van der Waals surface area contributed by atoms with E-state index in [9.17, 15) is 9.59 Å². The van der Waals surface area contributed by atoms with Crippen molar-refractivity contribution in [1.82, 2.24) is 0 Å². The number of esters is 1. The van der Waals surface area contributed by atoms with Crippen molar-refractivity contribution in [3.05, 3.63) is 59.2 Å². The molecule has 6 heteroatoms. The first-order chi connectivity index (χ1) is 12.9. The van der Waals surface area contributed by atoms with Crippen LogP contribution in [0, 0.1) is 0 Å². The van der Waals surface area contributed by atoms with E-state index in [1.807, 2.05) is 6.92 Å². The van der Waals surface area contributed by atoms with Crippen LogP contribution >= 0.6 is 0 Å². The predicted octanol–water partition coefficient (Wildman–Crippen LogP) is 4.05. The minimum atomic E-state index is -0.390. The Kier molecular flexibility index (Phi) is 7.37. The molecule has 0 aliphatic rings. The number of carbonyl (C=O) groups excluding carboxylic acids is 2. The Balaban J connectivity index is 2.09. The van der Waals surface area contributed by atoms with Gasteiger partial charge < -0.3 is 19.5 Å². The Labute approximate surface area is 159 Å². The van der Waals surface area contributed by atoms with Crippen LogP contribution in [0.25, 0.3) is 0 Å². The molecule has 2 rings (SSSR count). The third-order valence-electron chi connectivity index (χ3n) is 3.73. The smallest absolute Gasteiger partial charge is 0.338 e. The number of methoxy groups -OCH3 is 1. The first kappa shape index (κ1) is 20.5. The monoisotopic (exact) mass is 371 g/mol. The van der Waals surface area contributed by atoms with E-state index in [1.54, 1.807) is 63.4 Å². The Morgan fingerprint density at radius 3 is 2.30 bits per heavy atom. The van der Waals surface area contributed by atoms with Gasteiger partial charge in [0.15, 0.2) is 0 Å². The molecule has 0 saturated carbocycles. The van der Waals surface area contributed by atoms with Gasteiger partial charge >= 0.3 is 5.97 Å². The second-order valence-corrected chi connectivity index (χ2v) is 6.15. The van der Waals surface area contributed by atoms with Gasteiger partial charge in [-0.15, -0.1) is 0 Å². The first-order valence-electron chi connectivity index (χ1n) is 8.81. The van der Waals surface area contributed by atoms with Crippen molar-refractivity contribution in [2.45, 2.75) is 33.5 Å². The molecule has 0 radical (unpaired) electrons. The number of ether oxygens (including phenoxy) is 3. The summed E-state index contributed by atoms with van der Waals surface area (Å²) in [7, 11) is 1.58. The Morgan fingerprint density at radius 1 is 1.04 bits per heavy atom. The minimum Gasteiger partial charge on any atom is -0.496 e. The summed E-state index contributed by atoms with van der Waals surface area (Å²) in [5.41, 5.74) is 2.32. The van der Waals surface area contributed by atoms with Crippen LogP contribution < -0.4 is 10.1 Å². The van der Waals surface area contributed by atoms with Gasteiger partial charge in [-0.1, -0.05) is 0 Å². The Hall–Kier alpha value is -2.86. The zero-order valence-corrected chi connectivity index (χ0v) is 16.1. The first-order valence-corrected chi connectivity index (χ1v) is 8.81. The molecule has 0 spiro atoms. The average molecular weight is 371 g/mol. The average Bonchev–Trinajstić information content (AvgIpc) is 2.66. The van der Waals surface area contributed by atoms with Crippen molar-refractivity contribution in [2.24, 2.45) is 0 Å². The maximum atomic E-state index is 12.5. The fourth-order valence-corrected chi connectivity index (χ4v) is 2.42. The minimum absolute atomic E-state index is 0.183. The topological polar surface area (TPSA) is 73.9 Å². The molecule has 1 amide bonds. The molecular weight excluding hydrogens is 346 g/mol. The summed E-state index contributed by atoms with van der Waals surface area (Å²) < 4.78 is 15.9. The maximum Gasteiger partial charge on any atom is 0.338 e. The zero-order valence-electron chi connectivity index (χ0n) is 16.1. The van der Waals surface area contributed by atoms with Crippen LogP contribution in [0.2, 0.25) is 0 Å². The van der Waals surface area contributed by atoms with E-state index in [2.05, 4.69) is 5.32 Å². The molecule has 2 aromatic rings. The summed E-state index contributed by atoms with van der Waals surface area (Å²) in [5, 5.41) is 2.81. The SMILES string of the molecule is CCOCc1cc(C(=O)Nc2ccc(C(=O)OC(C)C)cc2)ccc1OC. The van der Waals surface area contributed by atoms with Gasteiger partial charge in [-0.05, 0) is 63.2 Å². The van der Waals surface area contributed by atoms with Gasteiger partial charge in [-0.3, -0.25) is 4.79 Å². The maximum absolute atomic E-state index is 12.5. The number of amides is 1. The predicted molar refractivity (Wildman–Crippen MR) is 103 cm³/mol. The summed E-state index contributed by atoms with van der Waals surface area (Å²) in [6, 6.07) is 11.8. The second kappa shape index (κ2) is 9.73. The quantitative estimate of drug-likeness (QED) is 0.709. The summed E-state index contributed by atoms with van der Waals surface area (Å²) in [4.78, 5) is 24.4. The zero-order chi connectivity index (χ0) is 19.8. The van der Waals surface area contributed by atoms with Crippen molar-refractivity contribution < 1.29 is 23.8 Å². The standard InChI is InChI=1S/C21H25NO5/c1-5-26-13-17-12-16(8-11-19(17)25-4)20(23)22-18-9-6-15(7-10-18)21(24)27-14(2)3/h6-12,14H,5,13H2,1-4H3,(H,22,23). The van der Waals surface area contributed by atoms with E-state index in [1.165, 1.54) is 0 Å². The van der Waals surface area contributed by atoms with Gasteiger partial charge in [0.2, 0.25) is 0 Å². The number of anilines is 1. The summed E-state index contributed by atoms with van der Waals surface area (Å²) in [5.74, 6) is 0.0273. The van der Waals surface area contributed by atoms with Crippen molar-refractivity contribution in [2.75, 3.05) is 19.0 Å². The highest BCUT2D eigenvalue weighted by Crippen LogP contribution is 2.22. The van der Waals surface area contributed by atoms with Crippen LogP contribution in [0.1, 0.15) is 47.1 Å². The van der Waals surface area contributed by atoms with Crippen molar-refractivity contribution >= 4 is 17.6 Å². The molecule has 6 nitrogen and oxygen atoms in total. The molecule has 0 fully saturated rings. The van der Waals surface area contributed by atoms with E-state index in [-0.39, 0.29) is 12.0 Å². The van der Waals surface area contributed by atoms with Crippen LogP contribution in [-0.4, -0.2) is 31.7 Å². The molecular formula is C21H25NO5. The lowest BCUT2D eigenvalue weighted by Gasteiger charge is -2.12. The highest BCUT2D eigenvalue weighted by molar-refractivity contribution is 6.04. The van der Waals surface area contributed by atoms with E-state index >= 15 is 0 Å². The van der Waals surface area contributed by atoms with Gasteiger partial charge in [-0.2, -0.15) is 0 Å². The lowest BCUT2D eigenvalue weighted by Crippen LogP contribution is -2.14. The van der Waals surface area contributed by atoms with Gasteiger partial charge in [0.25, 0.3) is 5.91 Å². The molecule has 0 unspecified atom stereocenters. The number of benzene rings is 2. The number of carbonyl (C=O) groups is 2. The van der Waals surface area contributed by atoms with Gasteiger partial charge in [0.1, 0.15) is 5.75 Å². The normalized spacial score (nSPS) is 10.6. The largest absolute Gasteiger partial charge is 0.496 e. The van der Waals surface area contributed by atoms with E-state index in [4.69, 9.17) is 14.2 Å². The van der Waals surface area contributed by atoms with Crippen molar-refractivity contribution in [1.29, 1.82) is 0 Å². The molecule has 144 valence electrons. The lowest BCUT2D eigenvalue weighted by molar-refractivity contribution is 0.0378. The molecule has 0 aliphatic heterocycles. The Bertz CT molecular complexity index is 784. The summed E-state index contributed by atoms with van der Waals surface area (Å²) in [6.45, 7) is 6.44. The molecule has 0 saturated heterocycles. The fourth-order valence-electron chi connectivity index (χ4n) is 2.42. The second-order valence-electron chi connectivity index (χ2n) is 6.15. The van der Waals surface area contributed by atoms with Crippen LogP contribution in [0.4, 0.5) is 5.69 Å². The number of hydrogen-bond acceptors (Lipinski definition) is 5. The number of hydrogen-bond donors (Lipinski definition) is 1. The van der Waals surface area contributed by atoms with E-state index in [0.29, 0.717) is 35.8 Å². The molecule has 1 N–H and O–H groups in total. The molecule has 27 heavy (non-hydrogen) atoms. The van der Waals surface area contributed by atoms with Crippen molar-refractivity contribution in [3.63, 3.8) is 0 Å². The number of rotatable bonds is 8. The van der Waals surface area contributed by atoms with Crippen LogP contribution in [0.15, 0.2) is 42.5 Å². The molecule has 0 atom stereocenters. The Morgan fingerprint density at radius 2 is 1.70 bits per heavy atom. The number of nitrogens with one attached hydrogen (secondary N) is 1. The molecule has 0 bridgehead atoms. The molecule has 0 heterocycles.